The van der Waals surface area contributed by atoms with Gasteiger partial charge in [-0.2, -0.15) is 0 Å². The molecule has 2 aromatic carbocycles. The quantitative estimate of drug-likeness (QED) is 0.885. The molecule has 1 atom stereocenters. The third-order valence-electron chi connectivity index (χ3n) is 3.26. The van der Waals surface area contributed by atoms with E-state index in [9.17, 15) is 9.90 Å². The minimum absolute atomic E-state index is 0.317. The highest BCUT2D eigenvalue weighted by molar-refractivity contribution is 6.42. The number of hydrogen-bond donors (Lipinski definition) is 1. The van der Waals surface area contributed by atoms with Crippen LogP contribution in [0.15, 0.2) is 42.5 Å². The molecule has 21 heavy (non-hydrogen) atoms. The Labute approximate surface area is 133 Å². The number of methoxy groups -OCH3 is 1. The molecule has 0 aliphatic heterocycles. The lowest BCUT2D eigenvalue weighted by atomic mass is 9.91. The van der Waals surface area contributed by atoms with Gasteiger partial charge in [0.25, 0.3) is 0 Å². The van der Waals surface area contributed by atoms with Gasteiger partial charge in [0, 0.05) is 0 Å². The van der Waals surface area contributed by atoms with E-state index in [-0.39, 0.29) is 0 Å². The molecular weight excluding hydrogens is 311 g/mol. The van der Waals surface area contributed by atoms with E-state index in [2.05, 4.69) is 0 Å². The Morgan fingerprint density at radius 2 is 1.90 bits per heavy atom. The van der Waals surface area contributed by atoms with Crippen molar-refractivity contribution in [1.29, 1.82) is 0 Å². The van der Waals surface area contributed by atoms with Crippen molar-refractivity contribution in [2.45, 2.75) is 12.3 Å². The van der Waals surface area contributed by atoms with E-state index in [0.29, 0.717) is 27.8 Å². The summed E-state index contributed by atoms with van der Waals surface area (Å²) < 4.78 is 5.26. The zero-order chi connectivity index (χ0) is 15.4. The summed E-state index contributed by atoms with van der Waals surface area (Å²) in [7, 11) is 1.56. The number of halogens is 2. The second kappa shape index (κ2) is 6.83. The summed E-state index contributed by atoms with van der Waals surface area (Å²) in [6.45, 7) is 0. The van der Waals surface area contributed by atoms with Crippen LogP contribution in [0.1, 0.15) is 17.0 Å². The topological polar surface area (TPSA) is 46.5 Å². The standard InChI is InChI=1S/C16H14Cl2O3/c1-21-15-5-3-2-4-11(15)8-12(16(19)20)10-6-7-13(17)14(18)9-10/h2-7,9,12H,8H2,1H3,(H,19,20). The number of carboxylic acid groups (broad SMARTS) is 1. The Kier molecular flexibility index (Phi) is 5.10. The first-order valence-corrected chi connectivity index (χ1v) is 7.08. The van der Waals surface area contributed by atoms with Gasteiger partial charge in [-0.05, 0) is 35.7 Å². The van der Waals surface area contributed by atoms with Gasteiger partial charge in [-0.25, -0.2) is 0 Å². The molecule has 0 saturated heterocycles. The molecule has 0 aliphatic rings. The van der Waals surface area contributed by atoms with Crippen molar-refractivity contribution in [1.82, 2.24) is 0 Å². The molecule has 5 heteroatoms. The second-order valence-corrected chi connectivity index (χ2v) is 5.39. The Morgan fingerprint density at radius 3 is 2.52 bits per heavy atom. The fourth-order valence-corrected chi connectivity index (χ4v) is 2.47. The minimum Gasteiger partial charge on any atom is -0.496 e. The number of hydrogen-bond acceptors (Lipinski definition) is 2. The van der Waals surface area contributed by atoms with Gasteiger partial charge in [-0.3, -0.25) is 4.79 Å². The number of rotatable bonds is 5. The molecule has 110 valence electrons. The summed E-state index contributed by atoms with van der Waals surface area (Å²) in [5.74, 6) is -0.959. The van der Waals surface area contributed by atoms with E-state index in [1.165, 1.54) is 0 Å². The Bertz CT molecular complexity index is 656. The molecule has 2 aromatic rings. The van der Waals surface area contributed by atoms with E-state index >= 15 is 0 Å². The normalized spacial score (nSPS) is 12.0. The van der Waals surface area contributed by atoms with E-state index in [1.807, 2.05) is 24.3 Å². The second-order valence-electron chi connectivity index (χ2n) is 4.58. The summed E-state index contributed by atoms with van der Waals surface area (Å²) in [6.07, 6.45) is 0.317. The highest BCUT2D eigenvalue weighted by Gasteiger charge is 2.22. The number of carbonyl (C=O) groups is 1. The molecule has 0 amide bonds. The van der Waals surface area contributed by atoms with Crippen LogP contribution in [0.5, 0.6) is 5.75 Å². The maximum absolute atomic E-state index is 11.6. The number of carboxylic acids is 1. The number of aliphatic carboxylic acids is 1. The van der Waals surface area contributed by atoms with Crippen molar-refractivity contribution in [2.24, 2.45) is 0 Å². The van der Waals surface area contributed by atoms with Crippen molar-refractivity contribution in [2.75, 3.05) is 7.11 Å². The summed E-state index contributed by atoms with van der Waals surface area (Å²) >= 11 is 11.8. The van der Waals surface area contributed by atoms with Crippen molar-refractivity contribution >= 4 is 29.2 Å². The van der Waals surface area contributed by atoms with E-state index in [1.54, 1.807) is 25.3 Å². The molecule has 0 aliphatic carbocycles. The Morgan fingerprint density at radius 1 is 1.19 bits per heavy atom. The number of benzene rings is 2. The molecule has 0 saturated carbocycles. The molecule has 0 heterocycles. The third-order valence-corrected chi connectivity index (χ3v) is 4.00. The average molecular weight is 325 g/mol. The molecule has 2 rings (SSSR count). The lowest BCUT2D eigenvalue weighted by Gasteiger charge is -2.15. The van der Waals surface area contributed by atoms with Crippen LogP contribution in [0.2, 0.25) is 10.0 Å². The fourth-order valence-electron chi connectivity index (χ4n) is 2.17. The first kappa shape index (κ1) is 15.7. The van der Waals surface area contributed by atoms with Crippen LogP contribution >= 0.6 is 23.2 Å². The molecule has 0 spiro atoms. The minimum atomic E-state index is -0.917. The smallest absolute Gasteiger partial charge is 0.311 e. The highest BCUT2D eigenvalue weighted by Crippen LogP contribution is 2.30. The SMILES string of the molecule is COc1ccccc1CC(C(=O)O)c1ccc(Cl)c(Cl)c1. The molecule has 0 radical (unpaired) electrons. The molecular formula is C16H14Cl2O3. The van der Waals surface area contributed by atoms with Crippen molar-refractivity contribution in [3.63, 3.8) is 0 Å². The van der Waals surface area contributed by atoms with Gasteiger partial charge in [0.1, 0.15) is 5.75 Å². The number of para-hydroxylation sites is 1. The monoisotopic (exact) mass is 324 g/mol. The van der Waals surface area contributed by atoms with Crippen LogP contribution in [0, 0.1) is 0 Å². The van der Waals surface area contributed by atoms with E-state index in [0.717, 1.165) is 5.56 Å². The fraction of sp³-hybridized carbons (Fsp3) is 0.188. The Hall–Kier alpha value is -1.71. The first-order valence-electron chi connectivity index (χ1n) is 6.32. The van der Waals surface area contributed by atoms with Crippen LogP contribution in [0.4, 0.5) is 0 Å². The van der Waals surface area contributed by atoms with Crippen LogP contribution in [-0.2, 0) is 11.2 Å². The van der Waals surface area contributed by atoms with Crippen LogP contribution in [0.25, 0.3) is 0 Å². The molecule has 1 N–H and O–H groups in total. The molecule has 0 bridgehead atoms. The van der Waals surface area contributed by atoms with Crippen molar-refractivity contribution < 1.29 is 14.6 Å². The van der Waals surface area contributed by atoms with Gasteiger partial charge in [-0.1, -0.05) is 47.5 Å². The zero-order valence-corrected chi connectivity index (χ0v) is 12.9. The van der Waals surface area contributed by atoms with Gasteiger partial charge in [0.2, 0.25) is 0 Å². The first-order chi connectivity index (χ1) is 10.0. The zero-order valence-electron chi connectivity index (χ0n) is 11.3. The summed E-state index contributed by atoms with van der Waals surface area (Å²) in [4.78, 5) is 11.6. The summed E-state index contributed by atoms with van der Waals surface area (Å²) in [5, 5.41) is 10.2. The summed E-state index contributed by atoms with van der Waals surface area (Å²) in [5.41, 5.74) is 1.45. The van der Waals surface area contributed by atoms with E-state index < -0.39 is 11.9 Å². The predicted molar refractivity (Wildman–Crippen MR) is 83.5 cm³/mol. The average Bonchev–Trinajstić information content (AvgIpc) is 2.48. The number of ether oxygens (including phenoxy) is 1. The highest BCUT2D eigenvalue weighted by atomic mass is 35.5. The van der Waals surface area contributed by atoms with Crippen LogP contribution in [0.3, 0.4) is 0 Å². The molecule has 0 aromatic heterocycles. The summed E-state index contributed by atoms with van der Waals surface area (Å²) in [6, 6.07) is 12.2. The molecule has 1 unspecified atom stereocenters. The van der Waals surface area contributed by atoms with Gasteiger partial charge < -0.3 is 9.84 Å². The lowest BCUT2D eigenvalue weighted by molar-refractivity contribution is -0.138. The van der Waals surface area contributed by atoms with Crippen LogP contribution < -0.4 is 4.74 Å². The lowest BCUT2D eigenvalue weighted by Crippen LogP contribution is -2.15. The van der Waals surface area contributed by atoms with Crippen LogP contribution in [-0.4, -0.2) is 18.2 Å². The van der Waals surface area contributed by atoms with Gasteiger partial charge in [-0.15, -0.1) is 0 Å². The Balaban J connectivity index is 2.35. The molecule has 3 nitrogen and oxygen atoms in total. The van der Waals surface area contributed by atoms with Gasteiger partial charge in [0.15, 0.2) is 0 Å². The van der Waals surface area contributed by atoms with E-state index in [4.69, 9.17) is 27.9 Å². The largest absolute Gasteiger partial charge is 0.496 e. The maximum Gasteiger partial charge on any atom is 0.311 e. The van der Waals surface area contributed by atoms with Crippen molar-refractivity contribution in [3.8, 4) is 5.75 Å². The van der Waals surface area contributed by atoms with Crippen molar-refractivity contribution in [3.05, 3.63) is 63.6 Å². The van der Waals surface area contributed by atoms with Gasteiger partial charge >= 0.3 is 5.97 Å². The maximum atomic E-state index is 11.6. The van der Waals surface area contributed by atoms with Gasteiger partial charge in [0.05, 0.1) is 23.1 Å². The third kappa shape index (κ3) is 3.69. The predicted octanol–water partition coefficient (Wildman–Crippen LogP) is 4.41. The molecule has 0 fully saturated rings.